The number of nitrogens with one attached hydrogen (secondary N) is 1. The number of quaternary nitrogens is 1. The molecule has 2 fully saturated rings. The van der Waals surface area contributed by atoms with Crippen molar-refractivity contribution in [2.45, 2.75) is 6.42 Å². The predicted octanol–water partition coefficient (Wildman–Crippen LogP) is 0.402. The van der Waals surface area contributed by atoms with E-state index in [-0.39, 0.29) is 41.2 Å². The fourth-order valence-corrected chi connectivity index (χ4v) is 3.91. The van der Waals surface area contributed by atoms with Gasteiger partial charge in [-0.15, -0.1) is 0 Å². The van der Waals surface area contributed by atoms with Gasteiger partial charge in [-0.3, -0.25) is 14.5 Å². The maximum Gasteiger partial charge on any atom is 0.238 e. The topological polar surface area (TPSA) is 85.1 Å². The van der Waals surface area contributed by atoms with E-state index >= 15 is 0 Å². The molecule has 2 amide bonds. The number of benzene rings is 1. The van der Waals surface area contributed by atoms with E-state index in [2.05, 4.69) is 0 Å². The number of amides is 2. The quantitative estimate of drug-likeness (QED) is 0.468. The standard InChI is InChI=1S/C15H14N2O4/c18-14-12-8-1-2-9(7-8)13(12)15(19)16(14)10-3-5-11(6-4-10)17(20)21/h1-6,8-9,12-13,17,20H,7H2. The summed E-state index contributed by atoms with van der Waals surface area (Å²) in [6, 6.07) is 5.88. The van der Waals surface area contributed by atoms with Crippen molar-refractivity contribution in [3.63, 3.8) is 0 Å². The van der Waals surface area contributed by atoms with E-state index in [0.717, 1.165) is 6.42 Å². The minimum atomic E-state index is -1.03. The summed E-state index contributed by atoms with van der Waals surface area (Å²) in [7, 11) is 0. The molecule has 4 rings (SSSR count). The highest BCUT2D eigenvalue weighted by Crippen LogP contribution is 2.53. The molecule has 6 nitrogen and oxygen atoms in total. The summed E-state index contributed by atoms with van der Waals surface area (Å²) in [5.41, 5.74) is 0.601. The molecular formula is C15H14N2O4. The summed E-state index contributed by atoms with van der Waals surface area (Å²) >= 11 is 0. The van der Waals surface area contributed by atoms with Crippen LogP contribution in [0.15, 0.2) is 36.4 Å². The molecule has 6 heteroatoms. The maximum absolute atomic E-state index is 12.6. The van der Waals surface area contributed by atoms with Crippen LogP contribution in [-0.4, -0.2) is 17.0 Å². The van der Waals surface area contributed by atoms with Crippen molar-refractivity contribution in [2.75, 3.05) is 4.90 Å². The van der Waals surface area contributed by atoms with Crippen LogP contribution in [0.1, 0.15) is 6.42 Å². The third kappa shape index (κ3) is 1.64. The summed E-state index contributed by atoms with van der Waals surface area (Å²) in [4.78, 5) is 26.4. The van der Waals surface area contributed by atoms with Gasteiger partial charge in [0.2, 0.25) is 11.8 Å². The first-order valence-electron chi connectivity index (χ1n) is 6.97. The van der Waals surface area contributed by atoms with Crippen LogP contribution in [-0.2, 0) is 9.59 Å². The van der Waals surface area contributed by atoms with Gasteiger partial charge in [-0.25, -0.2) is 5.21 Å². The molecule has 2 N–H and O–H groups in total. The number of nitrogens with zero attached hydrogens (tertiary/aromatic N) is 1. The number of carbonyl (C=O) groups excluding carboxylic acids is 2. The summed E-state index contributed by atoms with van der Waals surface area (Å²) in [6.07, 6.45) is 5.00. The van der Waals surface area contributed by atoms with Gasteiger partial charge in [0.25, 0.3) is 0 Å². The van der Waals surface area contributed by atoms with Gasteiger partial charge in [-0.05, 0) is 30.4 Å². The van der Waals surface area contributed by atoms with Crippen LogP contribution >= 0.6 is 0 Å². The third-order valence-electron chi connectivity index (χ3n) is 4.84. The molecule has 1 aromatic carbocycles. The Morgan fingerprint density at radius 1 is 1.05 bits per heavy atom. The van der Waals surface area contributed by atoms with Gasteiger partial charge in [0.15, 0.2) is 5.69 Å². The molecule has 1 saturated heterocycles. The van der Waals surface area contributed by atoms with E-state index in [4.69, 9.17) is 5.21 Å². The molecule has 0 spiro atoms. The monoisotopic (exact) mass is 286 g/mol. The van der Waals surface area contributed by atoms with Gasteiger partial charge in [-0.1, -0.05) is 12.2 Å². The van der Waals surface area contributed by atoms with Gasteiger partial charge in [-0.2, -0.15) is 5.23 Å². The molecule has 1 aromatic rings. The normalized spacial score (nSPS) is 34.7. The Hall–Kier alpha value is -2.02. The number of allylic oxidation sites excluding steroid dienone is 2. The van der Waals surface area contributed by atoms with Crippen LogP contribution in [0.4, 0.5) is 11.4 Å². The third-order valence-corrected chi connectivity index (χ3v) is 4.84. The van der Waals surface area contributed by atoms with E-state index in [0.29, 0.717) is 5.69 Å². The minimum absolute atomic E-state index is 0.139. The van der Waals surface area contributed by atoms with Gasteiger partial charge >= 0.3 is 0 Å². The van der Waals surface area contributed by atoms with Gasteiger partial charge in [0.1, 0.15) is 0 Å². The zero-order valence-corrected chi connectivity index (χ0v) is 11.1. The highest BCUT2D eigenvalue weighted by molar-refractivity contribution is 6.22. The summed E-state index contributed by atoms with van der Waals surface area (Å²) in [5.74, 6) is -0.396. The van der Waals surface area contributed by atoms with Crippen molar-refractivity contribution in [2.24, 2.45) is 23.7 Å². The zero-order valence-electron chi connectivity index (χ0n) is 11.1. The second-order valence-corrected chi connectivity index (χ2v) is 5.86. The Balaban J connectivity index is 1.68. The summed E-state index contributed by atoms with van der Waals surface area (Å²) < 4.78 is 0. The van der Waals surface area contributed by atoms with Crippen molar-refractivity contribution in [3.8, 4) is 0 Å². The Labute approximate surface area is 120 Å². The SMILES string of the molecule is O=C1C2C3C=CC(C3)C2C(=O)N1c1ccc([NH+]([O-])O)cc1. The molecule has 0 radical (unpaired) electrons. The highest BCUT2D eigenvalue weighted by Gasteiger charge is 2.59. The minimum Gasteiger partial charge on any atom is -0.595 e. The van der Waals surface area contributed by atoms with Crippen molar-refractivity contribution in [3.05, 3.63) is 41.6 Å². The van der Waals surface area contributed by atoms with Gasteiger partial charge in [0.05, 0.1) is 17.5 Å². The number of rotatable bonds is 2. The molecule has 2 aliphatic carbocycles. The van der Waals surface area contributed by atoms with Crippen LogP contribution in [0.25, 0.3) is 0 Å². The zero-order chi connectivity index (χ0) is 14.7. The molecule has 5 atom stereocenters. The van der Waals surface area contributed by atoms with Gasteiger partial charge < -0.3 is 5.21 Å². The number of imide groups is 1. The number of anilines is 1. The van der Waals surface area contributed by atoms with E-state index in [1.165, 1.54) is 29.2 Å². The Morgan fingerprint density at radius 2 is 1.57 bits per heavy atom. The average Bonchev–Trinajstić information content (AvgIpc) is 3.13. The first-order chi connectivity index (χ1) is 10.1. The molecule has 21 heavy (non-hydrogen) atoms. The fraction of sp³-hybridized carbons (Fsp3) is 0.333. The van der Waals surface area contributed by atoms with Crippen LogP contribution < -0.4 is 10.1 Å². The lowest BCUT2D eigenvalue weighted by Gasteiger charge is -2.18. The number of fused-ring (bicyclic) bond motifs is 5. The average molecular weight is 286 g/mol. The molecule has 1 saturated carbocycles. The van der Waals surface area contributed by atoms with Crippen molar-refractivity contribution >= 4 is 23.2 Å². The van der Waals surface area contributed by atoms with Crippen molar-refractivity contribution < 1.29 is 20.0 Å². The lowest BCUT2D eigenvalue weighted by molar-refractivity contribution is -0.991. The smallest absolute Gasteiger partial charge is 0.238 e. The first kappa shape index (κ1) is 12.7. The molecule has 2 bridgehead atoms. The van der Waals surface area contributed by atoms with Crippen LogP contribution in [0.2, 0.25) is 0 Å². The molecular weight excluding hydrogens is 272 g/mol. The number of hydrogen-bond donors (Lipinski definition) is 2. The van der Waals surface area contributed by atoms with Gasteiger partial charge in [0, 0.05) is 12.1 Å². The number of carbonyl (C=O) groups is 2. The van der Waals surface area contributed by atoms with Crippen LogP contribution in [0.3, 0.4) is 0 Å². The maximum atomic E-state index is 12.6. The first-order valence-corrected chi connectivity index (χ1v) is 6.97. The molecule has 1 heterocycles. The highest BCUT2D eigenvalue weighted by atomic mass is 16.8. The largest absolute Gasteiger partial charge is 0.595 e. The van der Waals surface area contributed by atoms with Crippen molar-refractivity contribution in [1.29, 1.82) is 0 Å². The molecule has 108 valence electrons. The Bertz CT molecular complexity index is 622. The fourth-order valence-electron chi connectivity index (χ4n) is 3.91. The second kappa shape index (κ2) is 4.24. The molecule has 5 unspecified atom stereocenters. The summed E-state index contributed by atoms with van der Waals surface area (Å²) in [5, 5.41) is 18.7. The van der Waals surface area contributed by atoms with E-state index < -0.39 is 5.23 Å². The second-order valence-electron chi connectivity index (χ2n) is 5.86. The summed E-state index contributed by atoms with van der Waals surface area (Å²) in [6.45, 7) is 0. The number of hydrogen-bond acceptors (Lipinski definition) is 4. The lowest BCUT2D eigenvalue weighted by atomic mass is 9.85. The predicted molar refractivity (Wildman–Crippen MR) is 72.4 cm³/mol. The van der Waals surface area contributed by atoms with Crippen LogP contribution in [0.5, 0.6) is 0 Å². The Morgan fingerprint density at radius 3 is 2.05 bits per heavy atom. The lowest BCUT2D eigenvalue weighted by Crippen LogP contribution is -2.99. The molecule has 0 aromatic heterocycles. The van der Waals surface area contributed by atoms with E-state index in [9.17, 15) is 14.8 Å². The van der Waals surface area contributed by atoms with E-state index in [1.54, 1.807) is 0 Å². The molecule has 1 aliphatic heterocycles. The Kier molecular flexibility index (Phi) is 2.56. The van der Waals surface area contributed by atoms with Crippen molar-refractivity contribution in [1.82, 2.24) is 0 Å². The van der Waals surface area contributed by atoms with Crippen LogP contribution in [0, 0.1) is 28.9 Å². The van der Waals surface area contributed by atoms with E-state index in [1.807, 2.05) is 12.2 Å². The molecule has 3 aliphatic rings.